The minimum Gasteiger partial charge on any atom is -0.353 e. The average molecular weight is 431 g/mol. The van der Waals surface area contributed by atoms with Gasteiger partial charge in [0.2, 0.25) is 0 Å². The van der Waals surface area contributed by atoms with Crippen LogP contribution in [0.1, 0.15) is 38.3 Å². The molecule has 2 aliphatic heterocycles. The zero-order valence-electron chi connectivity index (χ0n) is 16.5. The highest BCUT2D eigenvalue weighted by Gasteiger charge is 2.36. The topological polar surface area (TPSA) is 92.9 Å². The molecule has 0 saturated heterocycles. The van der Waals surface area contributed by atoms with Crippen molar-refractivity contribution in [3.05, 3.63) is 58.7 Å². The van der Waals surface area contributed by atoms with Crippen LogP contribution in [-0.2, 0) is 19.5 Å². The summed E-state index contributed by atoms with van der Waals surface area (Å²) in [5.41, 5.74) is 13.2. The number of rotatable bonds is 1. The van der Waals surface area contributed by atoms with Crippen LogP contribution >= 0.6 is 12.4 Å². The number of hydrogen-bond acceptors (Lipinski definition) is 3. The summed E-state index contributed by atoms with van der Waals surface area (Å²) >= 11 is 0. The third-order valence-electron chi connectivity index (χ3n) is 6.76. The Morgan fingerprint density at radius 2 is 1.77 bits per heavy atom. The number of halogens is 1. The molecule has 7 rings (SSSR count). The van der Waals surface area contributed by atoms with Gasteiger partial charge in [-0.15, -0.1) is 12.4 Å². The predicted molar refractivity (Wildman–Crippen MR) is 124 cm³/mol. The van der Waals surface area contributed by atoms with Crippen LogP contribution in [0.2, 0.25) is 0 Å². The number of fused-ring (bicyclic) bond motifs is 10. The molecule has 0 unspecified atom stereocenters. The van der Waals surface area contributed by atoms with Gasteiger partial charge in [0.15, 0.2) is 0 Å². The van der Waals surface area contributed by atoms with Crippen molar-refractivity contribution in [2.24, 2.45) is 5.73 Å². The number of H-pyrrole nitrogens is 1. The summed E-state index contributed by atoms with van der Waals surface area (Å²) in [5.74, 6) is -0.629. The number of nitrogens with zero attached hydrogens (tertiary/aromatic N) is 1. The fourth-order valence-electron chi connectivity index (χ4n) is 5.59. The normalized spacial score (nSPS) is 15.1. The van der Waals surface area contributed by atoms with Crippen LogP contribution in [0.3, 0.4) is 0 Å². The maximum absolute atomic E-state index is 13.0. The molecule has 2 aromatic heterocycles. The standard InChI is InChI=1S/C24H18N4O2.ClH/c25-10-11-6-7-13-15(9-11)26-20-16(13)18-19(24(30)27-23(18)29)17-14-5-1-3-12-4-2-8-28(21(12)14)22(17)20;/h1,3,5-7,9,26H,2,4,8,10,25H2,(H,27,29,30);1H. The number of carbonyl (C=O) groups is 2. The van der Waals surface area contributed by atoms with Gasteiger partial charge in [-0.1, -0.05) is 30.3 Å². The number of imide groups is 1. The molecule has 6 nitrogen and oxygen atoms in total. The summed E-state index contributed by atoms with van der Waals surface area (Å²) in [6.45, 7) is 1.34. The summed E-state index contributed by atoms with van der Waals surface area (Å²) in [7, 11) is 0. The zero-order chi connectivity index (χ0) is 20.1. The molecule has 4 heterocycles. The summed E-state index contributed by atoms with van der Waals surface area (Å²) in [5, 5.41) is 6.24. The van der Waals surface area contributed by atoms with Crippen molar-refractivity contribution in [3.63, 3.8) is 0 Å². The van der Waals surface area contributed by atoms with Gasteiger partial charge in [0.25, 0.3) is 11.8 Å². The monoisotopic (exact) mass is 430 g/mol. The number of aryl methyl sites for hydroxylation is 2. The number of benzene rings is 3. The number of carbonyl (C=O) groups excluding carboxylic acids is 2. The Labute approximate surface area is 182 Å². The van der Waals surface area contributed by atoms with Crippen molar-refractivity contribution in [1.82, 2.24) is 14.9 Å². The first-order valence-corrected chi connectivity index (χ1v) is 10.3. The number of amides is 2. The predicted octanol–water partition coefficient (Wildman–Crippen LogP) is 4.14. The van der Waals surface area contributed by atoms with E-state index in [1.807, 2.05) is 18.2 Å². The highest BCUT2D eigenvalue weighted by atomic mass is 35.5. The van der Waals surface area contributed by atoms with Crippen molar-refractivity contribution in [2.75, 3.05) is 0 Å². The first-order valence-electron chi connectivity index (χ1n) is 10.3. The molecule has 5 aromatic rings. The molecule has 0 radical (unpaired) electrons. The number of aromatic amines is 1. The fourth-order valence-corrected chi connectivity index (χ4v) is 5.59. The number of nitrogens with two attached hydrogens (primary N) is 1. The Kier molecular flexibility index (Phi) is 3.62. The van der Waals surface area contributed by atoms with Gasteiger partial charge in [-0.05, 0) is 30.0 Å². The number of para-hydroxylation sites is 1. The summed E-state index contributed by atoms with van der Waals surface area (Å²) < 4.78 is 2.33. The van der Waals surface area contributed by atoms with E-state index in [9.17, 15) is 9.59 Å². The molecule has 2 amide bonds. The van der Waals surface area contributed by atoms with E-state index in [1.165, 1.54) is 11.1 Å². The number of aromatic nitrogens is 2. The fraction of sp³-hybridized carbons (Fsp3) is 0.167. The lowest BCUT2D eigenvalue weighted by molar-refractivity contribution is 0.0880. The quantitative estimate of drug-likeness (QED) is 0.349. The van der Waals surface area contributed by atoms with E-state index in [4.69, 9.17) is 5.73 Å². The summed E-state index contributed by atoms with van der Waals surface area (Å²) in [6.07, 6.45) is 2.08. The van der Waals surface area contributed by atoms with E-state index in [2.05, 4.69) is 33.1 Å². The molecule has 0 atom stereocenters. The Morgan fingerprint density at radius 1 is 0.968 bits per heavy atom. The molecular formula is C24H19ClN4O2. The van der Waals surface area contributed by atoms with Crippen LogP contribution in [0.25, 0.3) is 43.6 Å². The highest BCUT2D eigenvalue weighted by Crippen LogP contribution is 2.45. The Balaban J connectivity index is 0.00000185. The van der Waals surface area contributed by atoms with Gasteiger partial charge in [0.1, 0.15) is 0 Å². The molecule has 0 spiro atoms. The molecule has 154 valence electrons. The van der Waals surface area contributed by atoms with Crippen LogP contribution in [0.5, 0.6) is 0 Å². The molecule has 31 heavy (non-hydrogen) atoms. The second-order valence-electron chi connectivity index (χ2n) is 8.28. The molecule has 7 heteroatoms. The highest BCUT2D eigenvalue weighted by molar-refractivity contribution is 6.39. The van der Waals surface area contributed by atoms with Gasteiger partial charge in [0.05, 0.1) is 27.7 Å². The lowest BCUT2D eigenvalue weighted by atomic mass is 9.96. The lowest BCUT2D eigenvalue weighted by Gasteiger charge is -2.16. The van der Waals surface area contributed by atoms with Crippen LogP contribution in [0.4, 0.5) is 0 Å². The Hall–Kier alpha value is -3.35. The first-order chi connectivity index (χ1) is 14.7. The largest absolute Gasteiger partial charge is 0.353 e. The maximum Gasteiger partial charge on any atom is 0.259 e. The molecule has 3 aromatic carbocycles. The van der Waals surface area contributed by atoms with E-state index < -0.39 is 0 Å². The van der Waals surface area contributed by atoms with Crippen LogP contribution in [0.15, 0.2) is 36.4 Å². The third-order valence-corrected chi connectivity index (χ3v) is 6.76. The van der Waals surface area contributed by atoms with Gasteiger partial charge < -0.3 is 15.3 Å². The molecule has 0 saturated carbocycles. The van der Waals surface area contributed by atoms with Crippen LogP contribution in [-0.4, -0.2) is 21.4 Å². The van der Waals surface area contributed by atoms with Crippen molar-refractivity contribution >= 4 is 67.8 Å². The van der Waals surface area contributed by atoms with Gasteiger partial charge in [-0.2, -0.15) is 0 Å². The zero-order valence-corrected chi connectivity index (χ0v) is 17.4. The van der Waals surface area contributed by atoms with E-state index in [0.717, 1.165) is 63.0 Å². The molecule has 0 aliphatic carbocycles. The molecule has 0 bridgehead atoms. The van der Waals surface area contributed by atoms with Crippen molar-refractivity contribution in [1.29, 1.82) is 0 Å². The summed E-state index contributed by atoms with van der Waals surface area (Å²) in [6, 6.07) is 12.3. The second-order valence-corrected chi connectivity index (χ2v) is 8.28. The SMILES string of the molecule is Cl.NCc1ccc2c(c1)[nH]c1c2c2c(c3c4cccc5c4n(c13)CCC5)C(=O)NC2=O. The number of nitrogens with one attached hydrogen (secondary N) is 2. The summed E-state index contributed by atoms with van der Waals surface area (Å²) in [4.78, 5) is 29.5. The molecule has 2 aliphatic rings. The minimum absolute atomic E-state index is 0. The minimum atomic E-state index is -0.322. The van der Waals surface area contributed by atoms with Gasteiger partial charge in [0, 0.05) is 40.2 Å². The van der Waals surface area contributed by atoms with Gasteiger partial charge in [-0.3, -0.25) is 14.9 Å². The van der Waals surface area contributed by atoms with Crippen LogP contribution < -0.4 is 11.1 Å². The van der Waals surface area contributed by atoms with Gasteiger partial charge in [-0.25, -0.2) is 0 Å². The molecule has 4 N–H and O–H groups in total. The second kappa shape index (κ2) is 6.09. The van der Waals surface area contributed by atoms with E-state index >= 15 is 0 Å². The van der Waals surface area contributed by atoms with Crippen molar-refractivity contribution in [2.45, 2.75) is 25.9 Å². The maximum atomic E-state index is 13.0. The lowest BCUT2D eigenvalue weighted by Crippen LogP contribution is -2.20. The van der Waals surface area contributed by atoms with Crippen LogP contribution in [0, 0.1) is 0 Å². The number of hydrogen-bond donors (Lipinski definition) is 3. The molecule has 0 fully saturated rings. The van der Waals surface area contributed by atoms with Gasteiger partial charge >= 0.3 is 0 Å². The van der Waals surface area contributed by atoms with Crippen molar-refractivity contribution < 1.29 is 9.59 Å². The van der Waals surface area contributed by atoms with E-state index in [1.54, 1.807) is 0 Å². The first kappa shape index (κ1) is 18.4. The average Bonchev–Trinajstić information content (AvgIpc) is 3.39. The Morgan fingerprint density at radius 3 is 2.58 bits per heavy atom. The smallest absolute Gasteiger partial charge is 0.259 e. The Bertz CT molecular complexity index is 1630. The van der Waals surface area contributed by atoms with E-state index in [-0.39, 0.29) is 24.2 Å². The molecular weight excluding hydrogens is 412 g/mol. The van der Waals surface area contributed by atoms with E-state index in [0.29, 0.717) is 17.7 Å². The third kappa shape index (κ3) is 2.11. The van der Waals surface area contributed by atoms with Crippen molar-refractivity contribution in [3.8, 4) is 0 Å².